The van der Waals surface area contributed by atoms with E-state index in [0.29, 0.717) is 43.2 Å². The third-order valence-electron chi connectivity index (χ3n) is 10.7. The molecule has 0 fully saturated rings. The number of nitrogens with one attached hydrogen (secondary N) is 7. The van der Waals surface area contributed by atoms with Crippen molar-refractivity contribution in [3.05, 3.63) is 40.2 Å². The average molecular weight is 972 g/mol. The van der Waals surface area contributed by atoms with Crippen LogP contribution in [0, 0.1) is 12.8 Å². The fourth-order valence-corrected chi connectivity index (χ4v) is 7.17. The number of amides is 8. The van der Waals surface area contributed by atoms with Crippen molar-refractivity contribution in [3.8, 4) is 0 Å². The number of nitrogens with zero attached hydrogens (tertiary/aromatic N) is 1. The van der Waals surface area contributed by atoms with Crippen LogP contribution < -0.4 is 71.5 Å². The van der Waals surface area contributed by atoms with Crippen molar-refractivity contribution >= 4 is 69.9 Å². The number of aliphatic imine (C=N–C) groups is 1. The lowest BCUT2D eigenvalue weighted by Gasteiger charge is -2.28. The van der Waals surface area contributed by atoms with Gasteiger partial charge in [0.25, 0.3) is 0 Å². The van der Waals surface area contributed by atoms with Crippen molar-refractivity contribution in [1.82, 2.24) is 31.9 Å². The van der Waals surface area contributed by atoms with E-state index in [1.807, 2.05) is 0 Å². The van der Waals surface area contributed by atoms with Crippen LogP contribution in [-0.2, 0) is 38.4 Å². The van der Waals surface area contributed by atoms with Gasteiger partial charge >= 0.3 is 5.63 Å². The van der Waals surface area contributed by atoms with E-state index >= 15 is 0 Å². The molecule has 0 aliphatic heterocycles. The summed E-state index contributed by atoms with van der Waals surface area (Å²) < 4.78 is 5.32. The quantitative estimate of drug-likeness (QED) is 0.0168. The highest BCUT2D eigenvalue weighted by Crippen LogP contribution is 2.21. The Morgan fingerprint density at radius 3 is 1.70 bits per heavy atom. The summed E-state index contributed by atoms with van der Waals surface area (Å²) in [6.07, 6.45) is 0.136. The molecule has 18 N–H and O–H groups in total. The Bertz CT molecular complexity index is 2160. The first kappa shape index (κ1) is 58.5. The number of unbranched alkanes of at least 4 members (excludes halogenated alkanes) is 2. The van der Waals surface area contributed by atoms with Gasteiger partial charge in [-0.15, -0.1) is 0 Å². The molecule has 0 aliphatic rings. The minimum absolute atomic E-state index is 0.00861. The summed E-state index contributed by atoms with van der Waals surface area (Å²) in [5, 5.41) is 29.4. The van der Waals surface area contributed by atoms with Crippen LogP contribution >= 0.6 is 0 Å². The fraction of sp³-hybridized carbons (Fsp3) is 0.600. The minimum atomic E-state index is -1.59. The molecule has 2 rings (SSSR count). The second-order valence-electron chi connectivity index (χ2n) is 17.3. The van der Waals surface area contributed by atoms with Gasteiger partial charge in [0.05, 0.1) is 6.10 Å². The molecule has 0 aliphatic carbocycles. The van der Waals surface area contributed by atoms with Crippen LogP contribution in [0.15, 0.2) is 38.5 Å². The van der Waals surface area contributed by atoms with Crippen molar-refractivity contribution in [3.63, 3.8) is 0 Å². The Balaban J connectivity index is 2.40. The Labute approximate surface area is 401 Å². The van der Waals surface area contributed by atoms with E-state index in [1.165, 1.54) is 26.0 Å². The molecule has 2 aromatic rings. The van der Waals surface area contributed by atoms with E-state index in [-0.39, 0.29) is 81.2 Å². The number of aryl methyl sites for hydroxylation is 1. The van der Waals surface area contributed by atoms with Gasteiger partial charge in [0.2, 0.25) is 47.3 Å². The zero-order chi connectivity index (χ0) is 51.8. The van der Waals surface area contributed by atoms with Gasteiger partial charge in [0, 0.05) is 43.1 Å². The maximum absolute atomic E-state index is 14.1. The first-order valence-corrected chi connectivity index (χ1v) is 23.1. The van der Waals surface area contributed by atoms with E-state index in [0.717, 1.165) is 0 Å². The maximum atomic E-state index is 14.1. The average Bonchev–Trinajstić information content (AvgIpc) is 3.25. The number of fused-ring (bicyclic) bond motifs is 1. The summed E-state index contributed by atoms with van der Waals surface area (Å²) >= 11 is 0. The number of guanidine groups is 1. The van der Waals surface area contributed by atoms with Gasteiger partial charge in [-0.2, -0.15) is 0 Å². The van der Waals surface area contributed by atoms with Crippen molar-refractivity contribution in [1.29, 1.82) is 0 Å². The molecule has 8 amide bonds. The first-order chi connectivity index (χ1) is 32.6. The molecule has 1 aromatic heterocycles. The third kappa shape index (κ3) is 21.5. The second-order valence-corrected chi connectivity index (χ2v) is 17.3. The van der Waals surface area contributed by atoms with Gasteiger partial charge in [0.15, 0.2) is 5.96 Å². The molecule has 384 valence electrons. The van der Waals surface area contributed by atoms with E-state index in [4.69, 9.17) is 33.1 Å². The summed E-state index contributed by atoms with van der Waals surface area (Å²) in [5.41, 5.74) is 28.3. The number of primary amides is 1. The van der Waals surface area contributed by atoms with Crippen molar-refractivity contribution in [2.45, 2.75) is 148 Å². The highest BCUT2D eigenvalue weighted by Gasteiger charge is 2.35. The zero-order valence-electron chi connectivity index (χ0n) is 40.2. The summed E-state index contributed by atoms with van der Waals surface area (Å²) in [4.78, 5) is 123. The Kier molecular flexibility index (Phi) is 25.4. The molecular formula is C45H73N13O11. The molecule has 0 radical (unpaired) electrons. The largest absolute Gasteiger partial charge is 0.423 e. The number of anilines is 1. The smallest absolute Gasteiger partial charge is 0.336 e. The number of carbonyl (C=O) groups excluding carboxylic acids is 8. The van der Waals surface area contributed by atoms with E-state index in [2.05, 4.69) is 42.2 Å². The number of aliphatic hydroxyl groups is 1. The minimum Gasteiger partial charge on any atom is -0.423 e. The molecule has 0 saturated carbocycles. The molecule has 7 atom stereocenters. The summed E-state index contributed by atoms with van der Waals surface area (Å²) in [7, 11) is 0. The molecule has 24 nitrogen and oxygen atoms in total. The van der Waals surface area contributed by atoms with Crippen LogP contribution in [0.25, 0.3) is 11.0 Å². The lowest BCUT2D eigenvalue weighted by molar-refractivity contribution is -0.137. The summed E-state index contributed by atoms with van der Waals surface area (Å²) in [6.45, 7) is 8.50. The van der Waals surface area contributed by atoms with Crippen molar-refractivity contribution < 1.29 is 47.9 Å². The molecule has 0 bridgehead atoms. The van der Waals surface area contributed by atoms with Crippen LogP contribution in [0.2, 0.25) is 0 Å². The molecule has 69 heavy (non-hydrogen) atoms. The summed E-state index contributed by atoms with van der Waals surface area (Å²) in [5.74, 6) is -6.60. The Morgan fingerprint density at radius 2 is 1.16 bits per heavy atom. The maximum Gasteiger partial charge on any atom is 0.336 e. The van der Waals surface area contributed by atoms with Gasteiger partial charge < -0.3 is 75.4 Å². The molecule has 24 heteroatoms. The number of hydrogen-bond acceptors (Lipinski definition) is 14. The molecule has 0 unspecified atom stereocenters. The fourth-order valence-electron chi connectivity index (χ4n) is 7.17. The predicted octanol–water partition coefficient (Wildman–Crippen LogP) is -2.03. The number of carbonyl (C=O) groups is 8. The third-order valence-corrected chi connectivity index (χ3v) is 10.7. The highest BCUT2D eigenvalue weighted by atomic mass is 16.4. The number of aliphatic hydroxyl groups excluding tert-OH is 1. The van der Waals surface area contributed by atoms with E-state index in [9.17, 15) is 48.3 Å². The van der Waals surface area contributed by atoms with Crippen LogP contribution in [0.3, 0.4) is 0 Å². The molecular weight excluding hydrogens is 899 g/mol. The van der Waals surface area contributed by atoms with Crippen molar-refractivity contribution in [2.24, 2.45) is 39.6 Å². The normalized spacial score (nSPS) is 14.2. The van der Waals surface area contributed by atoms with E-state index < -0.39 is 95.2 Å². The Morgan fingerprint density at radius 1 is 0.652 bits per heavy atom. The number of hydrogen-bond donors (Lipinski definition) is 13. The number of benzene rings is 1. The lowest BCUT2D eigenvalue weighted by Crippen LogP contribution is -2.61. The monoisotopic (exact) mass is 972 g/mol. The topological polar surface area (TPSA) is 414 Å². The molecule has 1 heterocycles. The molecule has 0 saturated heterocycles. The van der Waals surface area contributed by atoms with Gasteiger partial charge in [-0.05, 0) is 115 Å². The SMILES string of the molecule is CC(=O)N[C@@H](CCCCN)C(=O)N[C@H](C(=O)N[C@@H](CCCCN)C(=O)N[C@@H](CCC(N)=O)C(=O)N[C@@H](CC(C)C)C(=O)N[C@@H](CCCN=C(N)N)C(=O)Nc1ccc2c(C)cc(=O)oc2c1)[C@@H](C)O. The van der Waals surface area contributed by atoms with Crippen LogP contribution in [0.5, 0.6) is 0 Å². The van der Waals surface area contributed by atoms with Crippen LogP contribution in [0.1, 0.15) is 104 Å². The lowest BCUT2D eigenvalue weighted by atomic mass is 10.0. The zero-order valence-corrected chi connectivity index (χ0v) is 40.2. The van der Waals surface area contributed by atoms with Crippen molar-refractivity contribution in [2.75, 3.05) is 25.0 Å². The van der Waals surface area contributed by atoms with Crippen LogP contribution in [0.4, 0.5) is 5.69 Å². The number of rotatable bonds is 31. The van der Waals surface area contributed by atoms with Gasteiger partial charge in [-0.1, -0.05) is 13.8 Å². The Hall–Kier alpha value is -6.66. The van der Waals surface area contributed by atoms with E-state index in [1.54, 1.807) is 32.9 Å². The number of nitrogens with two attached hydrogens (primary N) is 5. The highest BCUT2D eigenvalue weighted by molar-refractivity contribution is 6.00. The molecule has 0 spiro atoms. The predicted molar refractivity (Wildman–Crippen MR) is 258 cm³/mol. The van der Waals surface area contributed by atoms with Gasteiger partial charge in [-0.3, -0.25) is 43.3 Å². The summed E-state index contributed by atoms with van der Waals surface area (Å²) in [6, 6.07) is -1.91. The van der Waals surface area contributed by atoms with Crippen LogP contribution in [-0.4, -0.2) is 120 Å². The van der Waals surface area contributed by atoms with Gasteiger partial charge in [-0.25, -0.2) is 4.79 Å². The standard InChI is InChI=1S/C45H73N13O11/c1-24(2)21-34(43(67)54-32(13-10-20-51-45(49)50)39(63)53-28-14-15-29-25(3)22-37(62)69-35(29)23-28)57-41(65)33(16-17-36(48)61)55-40(64)31(12-7-9-19-47)56-44(68)38(26(4)59)58-42(66)30(52-27(5)60)11-6-8-18-46/h14-15,22-24,26,30-34,38,59H,6-13,16-21,46-47H2,1-5H3,(H2,48,61)(H,52,60)(H,53,63)(H,54,67)(H,55,64)(H,56,68)(H,57,65)(H,58,66)(H4,49,50,51)/t26-,30+,31+,32+,33+,34+,38+/m1/s1. The second kappa shape index (κ2) is 30.0. The first-order valence-electron chi connectivity index (χ1n) is 23.1. The van der Waals surface area contributed by atoms with Gasteiger partial charge in [0.1, 0.15) is 41.8 Å². The molecule has 1 aromatic carbocycles.